The molecule has 0 spiro atoms. The fraction of sp³-hybridized carbons (Fsp3) is 0.0500. The highest BCUT2D eigenvalue weighted by Crippen LogP contribution is 2.47. The lowest BCUT2D eigenvalue weighted by atomic mass is 9.94. The Kier molecular flexibility index (Phi) is 6.10. The number of halogens is 5. The summed E-state index contributed by atoms with van der Waals surface area (Å²) in [6.45, 7) is 0. The van der Waals surface area contributed by atoms with Crippen molar-refractivity contribution in [2.24, 2.45) is 0 Å². The minimum atomic E-state index is -4.95. The summed E-state index contributed by atoms with van der Waals surface area (Å²) in [7, 11) is 0. The number of anilines is 1. The maximum atomic E-state index is 13.7. The minimum Gasteiger partial charge on any atom is -0.506 e. The summed E-state index contributed by atoms with van der Waals surface area (Å²) in [5.74, 6) is -2.08. The minimum absolute atomic E-state index is 0.0866. The lowest BCUT2D eigenvalue weighted by molar-refractivity contribution is -0.383. The molecule has 0 unspecified atom stereocenters. The molecule has 0 aliphatic carbocycles. The topological polar surface area (TPSA) is 92.5 Å². The van der Waals surface area contributed by atoms with Crippen molar-refractivity contribution in [2.45, 2.75) is 6.18 Å². The largest absolute Gasteiger partial charge is 0.506 e. The molecular formula is C20H11Cl2F3N2O4. The van der Waals surface area contributed by atoms with Gasteiger partial charge in [-0.05, 0) is 29.8 Å². The number of nitro groups is 1. The Morgan fingerprint density at radius 3 is 2.26 bits per heavy atom. The highest BCUT2D eigenvalue weighted by Gasteiger charge is 2.39. The molecule has 3 aromatic rings. The Balaban J connectivity index is 2.18. The van der Waals surface area contributed by atoms with Gasteiger partial charge in [-0.1, -0.05) is 47.5 Å². The van der Waals surface area contributed by atoms with Crippen molar-refractivity contribution in [3.63, 3.8) is 0 Å². The number of alkyl halides is 3. The zero-order valence-corrected chi connectivity index (χ0v) is 16.7. The second kappa shape index (κ2) is 8.44. The van der Waals surface area contributed by atoms with Crippen LogP contribution in [0.25, 0.3) is 11.1 Å². The quantitative estimate of drug-likeness (QED) is 0.334. The van der Waals surface area contributed by atoms with Gasteiger partial charge in [-0.25, -0.2) is 0 Å². The number of nitrogens with zero attached hydrogens (tertiary/aromatic N) is 1. The third-order valence-electron chi connectivity index (χ3n) is 4.26. The van der Waals surface area contributed by atoms with E-state index in [9.17, 15) is 33.2 Å². The number of rotatable bonds is 4. The van der Waals surface area contributed by atoms with Crippen LogP contribution in [-0.4, -0.2) is 15.9 Å². The predicted molar refractivity (Wildman–Crippen MR) is 110 cm³/mol. The maximum absolute atomic E-state index is 13.7. The van der Waals surface area contributed by atoms with Crippen molar-refractivity contribution in [3.05, 3.63) is 85.9 Å². The average molecular weight is 471 g/mol. The van der Waals surface area contributed by atoms with Gasteiger partial charge in [0.15, 0.2) is 0 Å². The highest BCUT2D eigenvalue weighted by atomic mass is 35.5. The SMILES string of the molecule is O=C(Nc1ccccc1[N+](=O)[O-])c1cc(Cl)c(C(F)(F)F)c(-c2ccc(Cl)cc2)c1O. The zero-order chi connectivity index (χ0) is 22.9. The van der Waals surface area contributed by atoms with Gasteiger partial charge in [0.05, 0.1) is 21.1 Å². The second-order valence-electron chi connectivity index (χ2n) is 6.24. The van der Waals surface area contributed by atoms with Crippen molar-refractivity contribution in [2.75, 3.05) is 5.32 Å². The molecule has 0 aliphatic rings. The molecule has 0 saturated heterocycles. The molecule has 11 heteroatoms. The number of hydrogen-bond donors (Lipinski definition) is 2. The fourth-order valence-electron chi connectivity index (χ4n) is 2.92. The van der Waals surface area contributed by atoms with Crippen LogP contribution in [0.4, 0.5) is 24.5 Å². The number of benzene rings is 3. The Morgan fingerprint density at radius 2 is 1.68 bits per heavy atom. The summed E-state index contributed by atoms with van der Waals surface area (Å²) in [5.41, 5.74) is -3.38. The van der Waals surface area contributed by atoms with Gasteiger partial charge in [0.25, 0.3) is 11.6 Å². The van der Waals surface area contributed by atoms with Crippen LogP contribution in [0.2, 0.25) is 10.0 Å². The molecule has 0 heterocycles. The number of hydrogen-bond acceptors (Lipinski definition) is 4. The first-order valence-electron chi connectivity index (χ1n) is 8.44. The van der Waals surface area contributed by atoms with E-state index in [-0.39, 0.29) is 16.3 Å². The first-order valence-corrected chi connectivity index (χ1v) is 9.19. The molecule has 31 heavy (non-hydrogen) atoms. The third-order valence-corrected chi connectivity index (χ3v) is 4.81. The van der Waals surface area contributed by atoms with Crippen LogP contribution in [-0.2, 0) is 6.18 Å². The lowest BCUT2D eigenvalue weighted by Gasteiger charge is -2.19. The molecule has 0 aromatic heterocycles. The van der Waals surface area contributed by atoms with Crippen LogP contribution in [0.1, 0.15) is 15.9 Å². The number of nitrogens with one attached hydrogen (secondary N) is 1. The normalized spacial score (nSPS) is 11.3. The fourth-order valence-corrected chi connectivity index (χ4v) is 3.35. The molecule has 2 N–H and O–H groups in total. The van der Waals surface area contributed by atoms with E-state index in [1.165, 1.54) is 42.5 Å². The van der Waals surface area contributed by atoms with Crippen LogP contribution >= 0.6 is 23.2 Å². The molecule has 3 rings (SSSR count). The molecule has 0 aliphatic heterocycles. The van der Waals surface area contributed by atoms with Gasteiger partial charge in [0.1, 0.15) is 11.4 Å². The van der Waals surface area contributed by atoms with Gasteiger partial charge >= 0.3 is 6.18 Å². The van der Waals surface area contributed by atoms with Gasteiger partial charge in [-0.2, -0.15) is 13.2 Å². The first kappa shape index (κ1) is 22.4. The monoisotopic (exact) mass is 470 g/mol. The summed E-state index contributed by atoms with van der Waals surface area (Å²) >= 11 is 11.6. The van der Waals surface area contributed by atoms with Crippen molar-refractivity contribution in [3.8, 4) is 16.9 Å². The van der Waals surface area contributed by atoms with E-state index in [1.54, 1.807) is 0 Å². The van der Waals surface area contributed by atoms with E-state index >= 15 is 0 Å². The molecule has 0 saturated carbocycles. The van der Waals surface area contributed by atoms with Gasteiger partial charge in [-0.15, -0.1) is 0 Å². The van der Waals surface area contributed by atoms with Crippen molar-refractivity contribution >= 4 is 40.5 Å². The molecule has 0 atom stereocenters. The van der Waals surface area contributed by atoms with Crippen molar-refractivity contribution in [1.82, 2.24) is 0 Å². The summed E-state index contributed by atoms with van der Waals surface area (Å²) < 4.78 is 41.0. The summed E-state index contributed by atoms with van der Waals surface area (Å²) in [6.07, 6.45) is -4.95. The molecule has 6 nitrogen and oxygen atoms in total. The molecule has 0 bridgehead atoms. The number of aromatic hydroxyl groups is 1. The zero-order valence-electron chi connectivity index (χ0n) is 15.2. The summed E-state index contributed by atoms with van der Waals surface area (Å²) in [6, 6.07) is 10.9. The Morgan fingerprint density at radius 1 is 1.06 bits per heavy atom. The predicted octanol–water partition coefficient (Wildman–Crippen LogP) is 6.55. The van der Waals surface area contributed by atoms with E-state index in [1.807, 2.05) is 0 Å². The van der Waals surface area contributed by atoms with Crippen LogP contribution in [0.3, 0.4) is 0 Å². The summed E-state index contributed by atoms with van der Waals surface area (Å²) in [4.78, 5) is 23.1. The maximum Gasteiger partial charge on any atom is 0.418 e. The molecule has 3 aromatic carbocycles. The van der Waals surface area contributed by atoms with Gasteiger partial charge in [0.2, 0.25) is 0 Å². The third kappa shape index (κ3) is 4.57. The van der Waals surface area contributed by atoms with E-state index in [4.69, 9.17) is 23.2 Å². The molecule has 0 radical (unpaired) electrons. The Labute approximate surface area is 183 Å². The van der Waals surface area contributed by atoms with E-state index < -0.39 is 50.2 Å². The highest BCUT2D eigenvalue weighted by molar-refractivity contribution is 6.33. The van der Waals surface area contributed by atoms with Crippen molar-refractivity contribution in [1.29, 1.82) is 0 Å². The van der Waals surface area contributed by atoms with Gasteiger partial charge < -0.3 is 10.4 Å². The Hall–Kier alpha value is -3.30. The number of carbonyl (C=O) groups is 1. The Bertz CT molecular complexity index is 1180. The van der Waals surface area contributed by atoms with Crippen LogP contribution < -0.4 is 5.32 Å². The van der Waals surface area contributed by atoms with E-state index in [0.717, 1.165) is 6.07 Å². The average Bonchev–Trinajstić information content (AvgIpc) is 2.69. The number of amides is 1. The molecule has 1 amide bonds. The molecule has 160 valence electrons. The van der Waals surface area contributed by atoms with Crippen LogP contribution in [0.15, 0.2) is 54.6 Å². The number of phenols is 1. The summed E-state index contributed by atoms with van der Waals surface area (Å²) in [5, 5.41) is 23.4. The number of carbonyl (C=O) groups excluding carboxylic acids is 1. The number of para-hydroxylation sites is 2. The van der Waals surface area contributed by atoms with Gasteiger partial charge in [-0.3, -0.25) is 14.9 Å². The van der Waals surface area contributed by atoms with E-state index in [2.05, 4.69) is 5.32 Å². The van der Waals surface area contributed by atoms with Crippen LogP contribution in [0.5, 0.6) is 5.75 Å². The van der Waals surface area contributed by atoms with Gasteiger partial charge in [0, 0.05) is 16.7 Å². The van der Waals surface area contributed by atoms with E-state index in [0.29, 0.717) is 6.07 Å². The number of nitro benzene ring substituents is 1. The van der Waals surface area contributed by atoms with Crippen molar-refractivity contribution < 1.29 is 28.0 Å². The smallest absolute Gasteiger partial charge is 0.418 e. The lowest BCUT2D eigenvalue weighted by Crippen LogP contribution is -2.16. The first-order chi connectivity index (χ1) is 14.5. The standard InChI is InChI=1S/C20H11Cl2F3N2O4/c21-11-7-5-10(6-8-11)16-17(20(23,24)25)13(22)9-12(18(16)28)19(29)26-14-3-1-2-4-15(14)27(30)31/h1-9,28H,(H,26,29). The molecular weight excluding hydrogens is 460 g/mol. The second-order valence-corrected chi connectivity index (χ2v) is 7.08. The van der Waals surface area contributed by atoms with Crippen LogP contribution in [0, 0.1) is 10.1 Å². The molecule has 0 fully saturated rings. The number of phenolic OH excluding ortho intramolecular Hbond substituents is 1.